The normalized spacial score (nSPS) is 12.9. The topological polar surface area (TPSA) is 3.24 Å². The summed E-state index contributed by atoms with van der Waals surface area (Å²) in [6.45, 7) is 18.5. The number of nitrogens with zero attached hydrogens (tertiary/aromatic N) is 1. The molecule has 10 aromatic carbocycles. The van der Waals surface area contributed by atoms with Gasteiger partial charge in [0.1, 0.15) is 0 Å². The van der Waals surface area contributed by atoms with Crippen LogP contribution < -0.4 is 21.3 Å². The minimum absolute atomic E-state index is 0.0726. The molecule has 11 rings (SSSR count). The van der Waals surface area contributed by atoms with Crippen LogP contribution in [0.15, 0.2) is 170 Å². The van der Waals surface area contributed by atoms with E-state index < -0.39 is 0 Å². The lowest BCUT2D eigenvalue weighted by Gasteiger charge is -2.31. The van der Waals surface area contributed by atoms with Crippen molar-refractivity contribution in [3.63, 3.8) is 0 Å². The molecule has 63 heavy (non-hydrogen) atoms. The molecule has 0 heterocycles. The molecule has 304 valence electrons. The highest BCUT2D eigenvalue weighted by Gasteiger charge is 2.36. The van der Waals surface area contributed by atoms with Crippen LogP contribution in [-0.2, 0) is 5.41 Å². The van der Waals surface area contributed by atoms with E-state index in [1.807, 2.05) is 0 Å². The summed E-state index contributed by atoms with van der Waals surface area (Å²) in [6, 6.07) is 64.5. The maximum absolute atomic E-state index is 2.54. The lowest BCUT2D eigenvalue weighted by atomic mass is 9.33. The fourth-order valence-corrected chi connectivity index (χ4v) is 11.8. The van der Waals surface area contributed by atoms with Crippen LogP contribution in [-0.4, -0.2) is 6.71 Å². The summed E-state index contributed by atoms with van der Waals surface area (Å²) in [4.78, 5) is 2.54. The van der Waals surface area contributed by atoms with E-state index in [-0.39, 0.29) is 12.1 Å². The van der Waals surface area contributed by atoms with Crippen molar-refractivity contribution < 1.29 is 0 Å². The Balaban J connectivity index is 1.20. The van der Waals surface area contributed by atoms with E-state index >= 15 is 0 Å². The number of fused-ring (bicyclic) bond motifs is 3. The van der Waals surface area contributed by atoms with E-state index in [9.17, 15) is 0 Å². The van der Waals surface area contributed by atoms with E-state index in [1.165, 1.54) is 121 Å². The lowest BCUT2D eigenvalue weighted by Crippen LogP contribution is -2.56. The SMILES string of the molecule is Cc1cc(C)c(B(c2c(C)cc(C)cc2C)c2ccc3ccc4c(N(c5ccc6c(c5)C(C)(C)c5ccccc5-6)c5ccccc5-c5ccccc5)ccc5ccc2c3c54)c(C)c1. The molecule has 0 fully saturated rings. The Bertz CT molecular complexity index is 3340. The Hall–Kier alpha value is -6.90. The Morgan fingerprint density at radius 3 is 1.60 bits per heavy atom. The van der Waals surface area contributed by atoms with Crippen LogP contribution in [0.1, 0.15) is 58.4 Å². The quantitative estimate of drug-likeness (QED) is 0.114. The van der Waals surface area contributed by atoms with Crippen molar-refractivity contribution in [3.8, 4) is 22.3 Å². The van der Waals surface area contributed by atoms with Crippen molar-refractivity contribution in [2.24, 2.45) is 0 Å². The minimum Gasteiger partial charge on any atom is -0.309 e. The van der Waals surface area contributed by atoms with Gasteiger partial charge >= 0.3 is 0 Å². The van der Waals surface area contributed by atoms with Crippen molar-refractivity contribution in [2.45, 2.75) is 60.8 Å². The van der Waals surface area contributed by atoms with E-state index in [0.717, 1.165) is 11.4 Å². The molecule has 0 amide bonds. The van der Waals surface area contributed by atoms with Crippen LogP contribution in [0.3, 0.4) is 0 Å². The van der Waals surface area contributed by atoms with E-state index in [1.54, 1.807) is 0 Å². The van der Waals surface area contributed by atoms with Gasteiger partial charge in [0.15, 0.2) is 0 Å². The standard InChI is InChI=1S/C61H52BN/c1-37-32-39(3)59(40(4)33-37)62(60-41(5)34-38(2)35-42(60)6)54-30-24-44-23-28-51-56(31-25-45-22-27-50(54)57(44)58(45)51)63(55-21-15-13-18-47(55)43-16-10-9-11-17-43)46-26-29-49-48-19-12-14-20-52(48)61(7,8)53(49)36-46/h9-36H,1-8H3. The van der Waals surface area contributed by atoms with Crippen molar-refractivity contribution in [1.29, 1.82) is 0 Å². The number of aryl methyl sites for hydroxylation is 6. The third kappa shape index (κ3) is 6.06. The largest absolute Gasteiger partial charge is 0.309 e. The first-order valence-corrected chi connectivity index (χ1v) is 22.5. The molecular formula is C61H52BN. The maximum atomic E-state index is 2.54. The molecule has 1 nitrogen and oxygen atoms in total. The van der Waals surface area contributed by atoms with E-state index in [0.29, 0.717) is 0 Å². The van der Waals surface area contributed by atoms with Gasteiger partial charge in [0.25, 0.3) is 0 Å². The Kier molecular flexibility index (Phi) is 9.04. The molecular weight excluding hydrogens is 757 g/mol. The van der Waals surface area contributed by atoms with Gasteiger partial charge < -0.3 is 4.90 Å². The fraction of sp³-hybridized carbons (Fsp3) is 0.148. The molecule has 0 N–H and O–H groups in total. The van der Waals surface area contributed by atoms with Crippen LogP contribution >= 0.6 is 0 Å². The first kappa shape index (κ1) is 39.0. The lowest BCUT2D eigenvalue weighted by molar-refractivity contribution is 0.660. The first-order chi connectivity index (χ1) is 30.5. The molecule has 0 bridgehead atoms. The summed E-state index contributed by atoms with van der Waals surface area (Å²) in [7, 11) is 0. The van der Waals surface area contributed by atoms with Gasteiger partial charge in [-0.05, 0) is 121 Å². The van der Waals surface area contributed by atoms with Gasteiger partial charge in [0.2, 0.25) is 6.71 Å². The van der Waals surface area contributed by atoms with Gasteiger partial charge in [-0.25, -0.2) is 0 Å². The zero-order chi connectivity index (χ0) is 43.3. The van der Waals surface area contributed by atoms with Gasteiger partial charge in [-0.15, -0.1) is 0 Å². The molecule has 0 unspecified atom stereocenters. The maximum Gasteiger partial charge on any atom is 0.243 e. The van der Waals surface area contributed by atoms with Crippen LogP contribution in [0.25, 0.3) is 54.6 Å². The molecule has 1 aliphatic rings. The highest BCUT2D eigenvalue weighted by molar-refractivity contribution is 6.98. The molecule has 0 aromatic heterocycles. The zero-order valence-electron chi connectivity index (χ0n) is 37.7. The zero-order valence-corrected chi connectivity index (χ0v) is 37.7. The second kappa shape index (κ2) is 14.6. The third-order valence-electron chi connectivity index (χ3n) is 14.3. The average Bonchev–Trinajstić information content (AvgIpc) is 3.50. The molecule has 10 aromatic rings. The number of anilines is 3. The molecule has 0 saturated carbocycles. The summed E-state index contributed by atoms with van der Waals surface area (Å²) < 4.78 is 0. The van der Waals surface area contributed by atoms with Crippen LogP contribution in [0.5, 0.6) is 0 Å². The second-order valence-corrected chi connectivity index (χ2v) is 18.8. The van der Waals surface area contributed by atoms with Crippen molar-refractivity contribution in [3.05, 3.63) is 214 Å². The first-order valence-electron chi connectivity index (χ1n) is 22.5. The molecule has 0 saturated heterocycles. The highest BCUT2D eigenvalue weighted by Crippen LogP contribution is 2.52. The van der Waals surface area contributed by atoms with Crippen molar-refractivity contribution in [1.82, 2.24) is 0 Å². The number of hydrogen-bond donors (Lipinski definition) is 0. The van der Waals surface area contributed by atoms with Gasteiger partial charge in [-0.3, -0.25) is 0 Å². The summed E-state index contributed by atoms with van der Waals surface area (Å²) in [5, 5.41) is 7.74. The monoisotopic (exact) mass is 809 g/mol. The third-order valence-corrected chi connectivity index (χ3v) is 14.3. The fourth-order valence-electron chi connectivity index (χ4n) is 11.8. The molecule has 1 aliphatic carbocycles. The van der Waals surface area contributed by atoms with Crippen LogP contribution in [0.2, 0.25) is 0 Å². The van der Waals surface area contributed by atoms with Gasteiger partial charge in [0.05, 0.1) is 11.4 Å². The minimum atomic E-state index is -0.134. The predicted octanol–water partition coefficient (Wildman–Crippen LogP) is 14.4. The van der Waals surface area contributed by atoms with Gasteiger partial charge in [-0.2, -0.15) is 0 Å². The van der Waals surface area contributed by atoms with E-state index in [4.69, 9.17) is 0 Å². The Morgan fingerprint density at radius 2 is 0.937 bits per heavy atom. The van der Waals surface area contributed by atoms with E-state index in [2.05, 4.69) is 230 Å². The smallest absolute Gasteiger partial charge is 0.243 e. The van der Waals surface area contributed by atoms with Crippen molar-refractivity contribution >= 4 is 72.5 Å². The highest BCUT2D eigenvalue weighted by atomic mass is 15.1. The molecule has 0 atom stereocenters. The summed E-state index contributed by atoms with van der Waals surface area (Å²) in [5.41, 5.74) is 23.3. The summed E-state index contributed by atoms with van der Waals surface area (Å²) in [5.74, 6) is 0. The number of rotatable bonds is 7. The summed E-state index contributed by atoms with van der Waals surface area (Å²) >= 11 is 0. The molecule has 2 heteroatoms. The molecule has 0 spiro atoms. The Labute approximate surface area is 373 Å². The predicted molar refractivity (Wildman–Crippen MR) is 274 cm³/mol. The molecule has 0 aliphatic heterocycles. The number of benzene rings is 10. The Morgan fingerprint density at radius 1 is 0.413 bits per heavy atom. The summed E-state index contributed by atoms with van der Waals surface area (Å²) in [6.07, 6.45) is 0. The van der Waals surface area contributed by atoms with Crippen LogP contribution in [0.4, 0.5) is 17.1 Å². The number of para-hydroxylation sites is 1. The van der Waals surface area contributed by atoms with Crippen LogP contribution in [0, 0.1) is 41.5 Å². The average molecular weight is 810 g/mol. The molecule has 0 radical (unpaired) electrons. The number of hydrogen-bond acceptors (Lipinski definition) is 1. The van der Waals surface area contributed by atoms with Gasteiger partial charge in [0, 0.05) is 22.1 Å². The van der Waals surface area contributed by atoms with Gasteiger partial charge in [-0.1, -0.05) is 209 Å². The second-order valence-electron chi connectivity index (χ2n) is 18.8. The van der Waals surface area contributed by atoms with Crippen molar-refractivity contribution in [2.75, 3.05) is 4.90 Å².